The Labute approximate surface area is 114 Å². The van der Waals surface area contributed by atoms with E-state index >= 15 is 0 Å². The third kappa shape index (κ3) is 4.09. The van der Waals surface area contributed by atoms with Gasteiger partial charge in [0, 0.05) is 13.7 Å². The molecule has 0 spiro atoms. The van der Waals surface area contributed by atoms with E-state index in [0.29, 0.717) is 0 Å². The molecule has 19 heavy (non-hydrogen) atoms. The van der Waals surface area contributed by atoms with E-state index in [1.807, 2.05) is 0 Å². The van der Waals surface area contributed by atoms with E-state index in [1.165, 1.54) is 18.9 Å². The molecule has 0 aliphatic heterocycles. The number of rotatable bonds is 5. The van der Waals surface area contributed by atoms with Crippen molar-refractivity contribution >= 4 is 12.1 Å². The van der Waals surface area contributed by atoms with E-state index in [4.69, 9.17) is 9.47 Å². The van der Waals surface area contributed by atoms with Crippen LogP contribution in [0.1, 0.15) is 41.5 Å². The molecule has 0 aliphatic carbocycles. The largest absolute Gasteiger partial charge is 0.479 e. The van der Waals surface area contributed by atoms with Crippen LogP contribution in [0, 0.1) is 0 Å². The van der Waals surface area contributed by atoms with Gasteiger partial charge in [-0.25, -0.2) is 9.59 Å². The van der Waals surface area contributed by atoms with Gasteiger partial charge in [0.05, 0.1) is 6.10 Å². The molecule has 1 amide bonds. The average molecular weight is 275 g/mol. The summed E-state index contributed by atoms with van der Waals surface area (Å²) in [5.41, 5.74) is -2.16. The van der Waals surface area contributed by atoms with Gasteiger partial charge in [-0.1, -0.05) is 0 Å². The zero-order valence-corrected chi connectivity index (χ0v) is 12.8. The number of methoxy groups -OCH3 is 1. The number of hydrogen-bond donors (Lipinski definition) is 1. The molecule has 2 unspecified atom stereocenters. The molecule has 0 rings (SSSR count). The molecule has 0 heterocycles. The number of ether oxygens (including phenoxy) is 2. The Kier molecular flexibility index (Phi) is 5.81. The molecule has 112 valence electrons. The summed E-state index contributed by atoms with van der Waals surface area (Å²) < 4.78 is 10.4. The maximum absolute atomic E-state index is 12.1. The molecule has 0 bridgehead atoms. The Morgan fingerprint density at radius 3 is 2.00 bits per heavy atom. The van der Waals surface area contributed by atoms with E-state index < -0.39 is 29.3 Å². The predicted octanol–water partition coefficient (Wildman–Crippen LogP) is 2.12. The SMILES string of the molecule is CCN(C(=O)OC(C)(C)C)C(C)(C(=O)O)C(C)OC. The minimum Gasteiger partial charge on any atom is -0.479 e. The quantitative estimate of drug-likeness (QED) is 0.831. The summed E-state index contributed by atoms with van der Waals surface area (Å²) in [6, 6.07) is 0. The van der Waals surface area contributed by atoms with Crippen LogP contribution in [-0.4, -0.2) is 53.0 Å². The molecule has 0 fully saturated rings. The maximum atomic E-state index is 12.1. The van der Waals surface area contributed by atoms with E-state index in [0.717, 1.165) is 0 Å². The lowest BCUT2D eigenvalue weighted by molar-refractivity contribution is -0.159. The van der Waals surface area contributed by atoms with Gasteiger partial charge in [-0.2, -0.15) is 0 Å². The van der Waals surface area contributed by atoms with Crippen LogP contribution in [0.3, 0.4) is 0 Å². The fourth-order valence-corrected chi connectivity index (χ4v) is 1.70. The van der Waals surface area contributed by atoms with Crippen molar-refractivity contribution in [2.45, 2.75) is 58.8 Å². The molecule has 0 saturated heterocycles. The first-order valence-corrected chi connectivity index (χ1v) is 6.27. The molecule has 1 N–H and O–H groups in total. The van der Waals surface area contributed by atoms with Gasteiger partial charge in [0.15, 0.2) is 5.54 Å². The fraction of sp³-hybridized carbons (Fsp3) is 0.846. The zero-order chi connectivity index (χ0) is 15.4. The van der Waals surface area contributed by atoms with Gasteiger partial charge in [0.2, 0.25) is 0 Å². The Morgan fingerprint density at radius 1 is 1.26 bits per heavy atom. The Morgan fingerprint density at radius 2 is 1.74 bits per heavy atom. The summed E-state index contributed by atoms with van der Waals surface area (Å²) >= 11 is 0. The summed E-state index contributed by atoms with van der Waals surface area (Å²) in [6.07, 6.45) is -1.33. The number of carbonyl (C=O) groups is 2. The second-order valence-corrected chi connectivity index (χ2v) is 5.56. The highest BCUT2D eigenvalue weighted by Crippen LogP contribution is 2.24. The number of carbonyl (C=O) groups excluding carboxylic acids is 1. The topological polar surface area (TPSA) is 76.1 Å². The zero-order valence-electron chi connectivity index (χ0n) is 12.8. The molecular weight excluding hydrogens is 250 g/mol. The van der Waals surface area contributed by atoms with Crippen LogP contribution in [-0.2, 0) is 14.3 Å². The third-order valence-corrected chi connectivity index (χ3v) is 3.07. The minimum atomic E-state index is -1.48. The molecule has 2 atom stereocenters. The monoisotopic (exact) mass is 275 g/mol. The third-order valence-electron chi connectivity index (χ3n) is 3.07. The summed E-state index contributed by atoms with van der Waals surface area (Å²) in [4.78, 5) is 24.9. The number of likely N-dealkylation sites (N-methyl/N-ethyl adjacent to an activating group) is 1. The van der Waals surface area contributed by atoms with Crippen molar-refractivity contribution in [2.24, 2.45) is 0 Å². The van der Waals surface area contributed by atoms with Crippen molar-refractivity contribution < 1.29 is 24.2 Å². The second-order valence-electron chi connectivity index (χ2n) is 5.56. The van der Waals surface area contributed by atoms with Crippen LogP contribution in [0.25, 0.3) is 0 Å². The molecule has 0 aliphatic rings. The van der Waals surface area contributed by atoms with Crippen molar-refractivity contribution in [2.75, 3.05) is 13.7 Å². The summed E-state index contributed by atoms with van der Waals surface area (Å²) in [6.45, 7) is 10.2. The van der Waals surface area contributed by atoms with Crippen LogP contribution in [0.5, 0.6) is 0 Å². The molecular formula is C13H25NO5. The van der Waals surface area contributed by atoms with Gasteiger partial charge < -0.3 is 14.6 Å². The number of carboxylic acid groups (broad SMARTS) is 1. The standard InChI is InChI=1S/C13H25NO5/c1-8-14(11(17)19-12(3,4)5)13(6,10(15)16)9(2)18-7/h9H,8H2,1-7H3,(H,15,16). The maximum Gasteiger partial charge on any atom is 0.411 e. The fourth-order valence-electron chi connectivity index (χ4n) is 1.70. The molecule has 0 saturated carbocycles. The van der Waals surface area contributed by atoms with E-state index in [1.54, 1.807) is 34.6 Å². The Bertz CT molecular complexity index is 336. The predicted molar refractivity (Wildman–Crippen MR) is 71.1 cm³/mol. The second kappa shape index (κ2) is 6.23. The Balaban J connectivity index is 5.39. The first-order chi connectivity index (χ1) is 8.50. The van der Waals surface area contributed by atoms with E-state index in [9.17, 15) is 14.7 Å². The summed E-state index contributed by atoms with van der Waals surface area (Å²) in [7, 11) is 1.41. The minimum absolute atomic E-state index is 0.214. The Hall–Kier alpha value is -1.30. The number of carboxylic acids is 1. The van der Waals surface area contributed by atoms with Gasteiger partial charge >= 0.3 is 12.1 Å². The van der Waals surface area contributed by atoms with Crippen LogP contribution in [0.2, 0.25) is 0 Å². The smallest absolute Gasteiger partial charge is 0.411 e. The lowest BCUT2D eigenvalue weighted by Crippen LogP contribution is -2.62. The first-order valence-electron chi connectivity index (χ1n) is 6.27. The molecule has 0 radical (unpaired) electrons. The van der Waals surface area contributed by atoms with Crippen molar-refractivity contribution in [1.29, 1.82) is 0 Å². The highest BCUT2D eigenvalue weighted by atomic mass is 16.6. The van der Waals surface area contributed by atoms with Gasteiger partial charge in [0.25, 0.3) is 0 Å². The average Bonchev–Trinajstić information content (AvgIpc) is 2.25. The normalized spacial score (nSPS) is 16.4. The molecule has 6 nitrogen and oxygen atoms in total. The van der Waals surface area contributed by atoms with Crippen LogP contribution in [0.15, 0.2) is 0 Å². The molecule has 0 aromatic heterocycles. The van der Waals surface area contributed by atoms with Gasteiger partial charge in [-0.15, -0.1) is 0 Å². The van der Waals surface area contributed by atoms with Crippen molar-refractivity contribution in [3.8, 4) is 0 Å². The number of nitrogens with zero attached hydrogens (tertiary/aromatic N) is 1. The van der Waals surface area contributed by atoms with Crippen LogP contribution >= 0.6 is 0 Å². The number of aliphatic carboxylic acids is 1. The van der Waals surface area contributed by atoms with Crippen molar-refractivity contribution in [3.63, 3.8) is 0 Å². The van der Waals surface area contributed by atoms with E-state index in [-0.39, 0.29) is 6.54 Å². The summed E-state index contributed by atoms with van der Waals surface area (Å²) in [5, 5.41) is 9.45. The molecule has 0 aromatic rings. The highest BCUT2D eigenvalue weighted by molar-refractivity contribution is 5.84. The number of hydrogen-bond acceptors (Lipinski definition) is 4. The van der Waals surface area contributed by atoms with Crippen molar-refractivity contribution in [3.05, 3.63) is 0 Å². The van der Waals surface area contributed by atoms with E-state index in [2.05, 4.69) is 0 Å². The molecule has 0 aromatic carbocycles. The highest BCUT2D eigenvalue weighted by Gasteiger charge is 2.48. The van der Waals surface area contributed by atoms with Gasteiger partial charge in [-0.3, -0.25) is 4.90 Å². The summed E-state index contributed by atoms with van der Waals surface area (Å²) in [5.74, 6) is -1.13. The lowest BCUT2D eigenvalue weighted by Gasteiger charge is -2.41. The van der Waals surface area contributed by atoms with Crippen LogP contribution < -0.4 is 0 Å². The number of amides is 1. The van der Waals surface area contributed by atoms with Gasteiger partial charge in [-0.05, 0) is 41.5 Å². The first kappa shape index (κ1) is 17.7. The lowest BCUT2D eigenvalue weighted by atomic mass is 9.93. The van der Waals surface area contributed by atoms with Gasteiger partial charge in [0.1, 0.15) is 5.60 Å². The van der Waals surface area contributed by atoms with Crippen molar-refractivity contribution in [1.82, 2.24) is 4.90 Å². The van der Waals surface area contributed by atoms with Crippen LogP contribution in [0.4, 0.5) is 4.79 Å². The molecule has 6 heteroatoms.